The fourth-order valence-corrected chi connectivity index (χ4v) is 4.90. The largest absolute Gasteiger partial charge is 0.372 e. The number of azo groups is 1. The molecule has 4 rings (SSSR count). The molecule has 0 bridgehead atoms. The van der Waals surface area contributed by atoms with Gasteiger partial charge in [-0.3, -0.25) is 14.5 Å². The molecular weight excluding hydrogens is 448 g/mol. The lowest BCUT2D eigenvalue weighted by atomic mass is 9.93. The average Bonchev–Trinajstić information content (AvgIpc) is 2.91. The van der Waals surface area contributed by atoms with Gasteiger partial charge < -0.3 is 4.90 Å². The molecule has 0 atom stereocenters. The maximum absolute atomic E-state index is 13.3. The monoisotopic (exact) mass is 484 g/mol. The highest BCUT2D eigenvalue weighted by atomic mass is 16.2. The van der Waals surface area contributed by atoms with Gasteiger partial charge in [-0.05, 0) is 62.7 Å². The van der Waals surface area contributed by atoms with Crippen molar-refractivity contribution in [3.05, 3.63) is 65.7 Å². The van der Waals surface area contributed by atoms with Crippen LogP contribution in [0, 0.1) is 0 Å². The van der Waals surface area contributed by atoms with Crippen molar-refractivity contribution in [2.24, 2.45) is 10.2 Å². The van der Waals surface area contributed by atoms with Crippen molar-refractivity contribution in [3.63, 3.8) is 0 Å². The topological polar surface area (TPSA) is 65.3 Å². The Morgan fingerprint density at radius 1 is 0.722 bits per heavy atom. The van der Waals surface area contributed by atoms with Gasteiger partial charge in [0.05, 0.1) is 11.4 Å². The molecule has 1 aliphatic rings. The minimum Gasteiger partial charge on any atom is -0.372 e. The lowest BCUT2D eigenvalue weighted by Gasteiger charge is -2.27. The highest BCUT2D eigenvalue weighted by Gasteiger charge is 2.32. The van der Waals surface area contributed by atoms with E-state index in [2.05, 4.69) is 48.0 Å². The van der Waals surface area contributed by atoms with Gasteiger partial charge >= 0.3 is 0 Å². The number of anilines is 1. The maximum atomic E-state index is 13.3. The number of carbonyl (C=O) groups excluding carboxylic acids is 2. The summed E-state index contributed by atoms with van der Waals surface area (Å²) in [7, 11) is 0. The zero-order valence-electron chi connectivity index (χ0n) is 21.7. The Kier molecular flexibility index (Phi) is 8.47. The SMILES string of the molecule is CCCCCCCCN1C(=O)c2cccc3c(N=Nc4ccc(N(CC)CC)cc4)ccc(c23)C1=O. The standard InChI is InChI=1S/C30H36N4O2/c1-4-7-8-9-10-11-21-34-29(35)25-14-12-13-24-27(20-19-26(28(24)25)30(34)36)32-31-22-15-17-23(18-16-22)33(5-2)6-3/h12-20H,4-11,21H2,1-3H3. The first-order chi connectivity index (χ1) is 17.6. The van der Waals surface area contributed by atoms with Gasteiger partial charge in [-0.15, -0.1) is 5.11 Å². The molecule has 0 N–H and O–H groups in total. The molecule has 1 heterocycles. The molecule has 6 nitrogen and oxygen atoms in total. The van der Waals surface area contributed by atoms with E-state index in [-0.39, 0.29) is 11.8 Å². The van der Waals surface area contributed by atoms with Gasteiger partial charge in [0.2, 0.25) is 0 Å². The third kappa shape index (κ3) is 5.32. The first-order valence-corrected chi connectivity index (χ1v) is 13.3. The van der Waals surface area contributed by atoms with Gasteiger partial charge in [0.1, 0.15) is 0 Å². The molecule has 3 aromatic rings. The van der Waals surface area contributed by atoms with E-state index >= 15 is 0 Å². The summed E-state index contributed by atoms with van der Waals surface area (Å²) >= 11 is 0. The number of rotatable bonds is 12. The number of benzene rings is 3. The van der Waals surface area contributed by atoms with E-state index in [0.29, 0.717) is 28.7 Å². The van der Waals surface area contributed by atoms with Crippen LogP contribution in [0.5, 0.6) is 0 Å². The van der Waals surface area contributed by atoms with Crippen LogP contribution < -0.4 is 4.90 Å². The molecule has 0 aromatic heterocycles. The third-order valence-electron chi connectivity index (χ3n) is 6.96. The molecule has 1 aliphatic heterocycles. The summed E-state index contributed by atoms with van der Waals surface area (Å²) in [6.07, 6.45) is 6.66. The van der Waals surface area contributed by atoms with E-state index in [0.717, 1.165) is 49.1 Å². The third-order valence-corrected chi connectivity index (χ3v) is 6.96. The number of hydrogen-bond donors (Lipinski definition) is 0. The summed E-state index contributed by atoms with van der Waals surface area (Å²) in [4.78, 5) is 30.2. The van der Waals surface area contributed by atoms with Crippen molar-refractivity contribution in [3.8, 4) is 0 Å². The van der Waals surface area contributed by atoms with Crippen LogP contribution in [-0.2, 0) is 0 Å². The van der Waals surface area contributed by atoms with Gasteiger partial charge in [0, 0.05) is 47.2 Å². The van der Waals surface area contributed by atoms with Gasteiger partial charge in [-0.25, -0.2) is 0 Å². The Balaban J connectivity index is 1.55. The fourth-order valence-electron chi connectivity index (χ4n) is 4.90. The van der Waals surface area contributed by atoms with E-state index in [9.17, 15) is 9.59 Å². The van der Waals surface area contributed by atoms with Crippen LogP contribution in [0.25, 0.3) is 10.8 Å². The van der Waals surface area contributed by atoms with Crippen molar-refractivity contribution in [1.82, 2.24) is 4.90 Å². The molecule has 188 valence electrons. The predicted molar refractivity (Wildman–Crippen MR) is 147 cm³/mol. The summed E-state index contributed by atoms with van der Waals surface area (Å²) in [5.41, 5.74) is 3.68. The molecule has 0 saturated carbocycles. The van der Waals surface area contributed by atoms with Crippen LogP contribution in [0.3, 0.4) is 0 Å². The maximum Gasteiger partial charge on any atom is 0.261 e. The molecule has 0 radical (unpaired) electrons. The van der Waals surface area contributed by atoms with Crippen LogP contribution in [0.1, 0.15) is 80.0 Å². The van der Waals surface area contributed by atoms with Gasteiger partial charge in [0.15, 0.2) is 0 Å². The number of unbranched alkanes of at least 4 members (excludes halogenated alkanes) is 5. The minimum absolute atomic E-state index is 0.215. The predicted octanol–water partition coefficient (Wildman–Crippen LogP) is 8.06. The summed E-state index contributed by atoms with van der Waals surface area (Å²) in [5.74, 6) is -0.430. The molecule has 2 amide bonds. The summed E-state index contributed by atoms with van der Waals surface area (Å²) in [6.45, 7) is 8.83. The molecule has 0 spiro atoms. The van der Waals surface area contributed by atoms with E-state index in [1.165, 1.54) is 24.2 Å². The number of amides is 2. The van der Waals surface area contributed by atoms with E-state index in [1.54, 1.807) is 6.07 Å². The Morgan fingerprint density at radius 2 is 1.39 bits per heavy atom. The average molecular weight is 485 g/mol. The molecule has 3 aromatic carbocycles. The molecule has 0 saturated heterocycles. The Morgan fingerprint density at radius 3 is 2.08 bits per heavy atom. The lowest BCUT2D eigenvalue weighted by molar-refractivity contribution is 0.0607. The summed E-state index contributed by atoms with van der Waals surface area (Å²) in [6, 6.07) is 17.2. The Labute approximate surface area is 214 Å². The van der Waals surface area contributed by atoms with Crippen molar-refractivity contribution < 1.29 is 9.59 Å². The van der Waals surface area contributed by atoms with Gasteiger partial charge in [-0.1, -0.05) is 51.2 Å². The molecule has 0 unspecified atom stereocenters. The highest BCUT2D eigenvalue weighted by Crippen LogP contribution is 2.36. The summed E-state index contributed by atoms with van der Waals surface area (Å²) < 4.78 is 0. The van der Waals surface area contributed by atoms with E-state index in [1.807, 2.05) is 36.4 Å². The molecule has 6 heteroatoms. The van der Waals surface area contributed by atoms with Crippen LogP contribution >= 0.6 is 0 Å². The second-order valence-corrected chi connectivity index (χ2v) is 9.28. The van der Waals surface area contributed by atoms with Crippen molar-refractivity contribution in [1.29, 1.82) is 0 Å². The molecule has 0 aliphatic carbocycles. The Hall–Kier alpha value is -3.54. The Bertz CT molecular complexity index is 1220. The molecule has 36 heavy (non-hydrogen) atoms. The smallest absolute Gasteiger partial charge is 0.261 e. The van der Waals surface area contributed by atoms with Crippen molar-refractivity contribution in [2.45, 2.75) is 59.3 Å². The van der Waals surface area contributed by atoms with Crippen molar-refractivity contribution in [2.75, 3.05) is 24.5 Å². The van der Waals surface area contributed by atoms with Gasteiger partial charge in [-0.2, -0.15) is 5.11 Å². The fraction of sp³-hybridized carbons (Fsp3) is 0.400. The lowest BCUT2D eigenvalue weighted by Crippen LogP contribution is -2.40. The number of imide groups is 1. The van der Waals surface area contributed by atoms with E-state index in [4.69, 9.17) is 0 Å². The quantitative estimate of drug-likeness (QED) is 0.148. The van der Waals surface area contributed by atoms with Crippen LogP contribution in [0.2, 0.25) is 0 Å². The van der Waals surface area contributed by atoms with Crippen LogP contribution in [0.4, 0.5) is 17.1 Å². The first-order valence-electron chi connectivity index (χ1n) is 13.3. The van der Waals surface area contributed by atoms with Crippen LogP contribution in [0.15, 0.2) is 64.8 Å². The summed E-state index contributed by atoms with van der Waals surface area (Å²) in [5, 5.41) is 10.4. The zero-order chi connectivity index (χ0) is 25.5. The highest BCUT2D eigenvalue weighted by molar-refractivity contribution is 6.26. The zero-order valence-corrected chi connectivity index (χ0v) is 21.7. The molecular formula is C30H36N4O2. The number of nitrogens with zero attached hydrogens (tertiary/aromatic N) is 4. The number of carbonyl (C=O) groups is 2. The minimum atomic E-state index is -0.215. The molecule has 0 fully saturated rings. The van der Waals surface area contributed by atoms with Gasteiger partial charge in [0.25, 0.3) is 11.8 Å². The second-order valence-electron chi connectivity index (χ2n) is 9.28. The number of hydrogen-bond acceptors (Lipinski definition) is 5. The van der Waals surface area contributed by atoms with Crippen molar-refractivity contribution >= 4 is 39.6 Å². The van der Waals surface area contributed by atoms with E-state index < -0.39 is 0 Å². The second kappa shape index (κ2) is 11.9. The first kappa shape index (κ1) is 25.5. The van der Waals surface area contributed by atoms with Crippen LogP contribution in [-0.4, -0.2) is 36.3 Å². The normalized spacial score (nSPS) is 13.2.